The molecule has 2 aromatic heterocycles. The van der Waals surface area contributed by atoms with Crippen LogP contribution in [0.5, 0.6) is 0 Å². The molecule has 0 aliphatic heterocycles. The van der Waals surface area contributed by atoms with Gasteiger partial charge in [0, 0.05) is 17.5 Å². The van der Waals surface area contributed by atoms with Gasteiger partial charge in [-0.25, -0.2) is 9.59 Å². The summed E-state index contributed by atoms with van der Waals surface area (Å²) in [5.41, 5.74) is 2.15. The SMILES string of the molecule is Cc1cc(-c2ccc3c(C)cc(=O)oc3c2)cc(=O)o1. The zero-order valence-electron chi connectivity index (χ0n) is 11.1. The highest BCUT2D eigenvalue weighted by atomic mass is 16.4. The first-order valence-corrected chi connectivity index (χ1v) is 6.19. The maximum Gasteiger partial charge on any atom is 0.336 e. The van der Waals surface area contributed by atoms with E-state index in [0.29, 0.717) is 11.3 Å². The summed E-state index contributed by atoms with van der Waals surface area (Å²) in [5.74, 6) is 0.540. The lowest BCUT2D eigenvalue weighted by Crippen LogP contribution is -1.99. The Hall–Kier alpha value is -2.62. The van der Waals surface area contributed by atoms with Crippen molar-refractivity contribution in [2.24, 2.45) is 0 Å². The van der Waals surface area contributed by atoms with Crippen molar-refractivity contribution in [2.75, 3.05) is 0 Å². The molecule has 100 valence electrons. The first-order valence-electron chi connectivity index (χ1n) is 6.19. The van der Waals surface area contributed by atoms with E-state index in [1.54, 1.807) is 19.1 Å². The highest BCUT2D eigenvalue weighted by Crippen LogP contribution is 2.25. The summed E-state index contributed by atoms with van der Waals surface area (Å²) < 4.78 is 10.1. The van der Waals surface area contributed by atoms with E-state index in [4.69, 9.17) is 8.83 Å². The summed E-state index contributed by atoms with van der Waals surface area (Å²) in [4.78, 5) is 22.8. The second-order valence-electron chi connectivity index (χ2n) is 4.74. The number of aryl methyl sites for hydroxylation is 2. The van der Waals surface area contributed by atoms with Crippen LogP contribution in [-0.4, -0.2) is 0 Å². The lowest BCUT2D eigenvalue weighted by atomic mass is 10.0. The van der Waals surface area contributed by atoms with Crippen molar-refractivity contribution in [2.45, 2.75) is 13.8 Å². The number of rotatable bonds is 1. The minimum atomic E-state index is -0.397. The Morgan fingerprint density at radius 3 is 2.30 bits per heavy atom. The molecular formula is C16H12O4. The van der Waals surface area contributed by atoms with Gasteiger partial charge in [0.05, 0.1) is 0 Å². The van der Waals surface area contributed by atoms with Crippen LogP contribution in [-0.2, 0) is 0 Å². The molecule has 0 saturated heterocycles. The molecule has 0 N–H and O–H groups in total. The molecule has 4 nitrogen and oxygen atoms in total. The Morgan fingerprint density at radius 2 is 1.55 bits per heavy atom. The predicted octanol–water partition coefficient (Wildman–Crippen LogP) is 3.03. The minimum absolute atomic E-state index is 0.379. The first kappa shape index (κ1) is 12.4. The summed E-state index contributed by atoms with van der Waals surface area (Å²) in [6, 6.07) is 10.2. The maximum absolute atomic E-state index is 11.4. The summed E-state index contributed by atoms with van der Waals surface area (Å²) in [6.45, 7) is 3.58. The van der Waals surface area contributed by atoms with E-state index in [9.17, 15) is 9.59 Å². The van der Waals surface area contributed by atoms with Crippen molar-refractivity contribution in [3.05, 3.63) is 68.6 Å². The molecular weight excluding hydrogens is 256 g/mol. The van der Waals surface area contributed by atoms with Gasteiger partial charge in [-0.05, 0) is 42.7 Å². The zero-order chi connectivity index (χ0) is 14.3. The molecule has 0 aliphatic rings. The van der Waals surface area contributed by atoms with Crippen LogP contribution in [0.1, 0.15) is 11.3 Å². The molecule has 1 aromatic carbocycles. The average Bonchev–Trinajstić information content (AvgIpc) is 2.36. The van der Waals surface area contributed by atoms with Crippen LogP contribution in [0.15, 0.2) is 54.8 Å². The largest absolute Gasteiger partial charge is 0.428 e. The molecule has 4 heteroatoms. The van der Waals surface area contributed by atoms with Crippen molar-refractivity contribution >= 4 is 11.0 Å². The van der Waals surface area contributed by atoms with E-state index in [1.807, 2.05) is 19.1 Å². The summed E-state index contributed by atoms with van der Waals surface area (Å²) in [6.07, 6.45) is 0. The highest BCUT2D eigenvalue weighted by molar-refractivity contribution is 5.84. The van der Waals surface area contributed by atoms with Crippen LogP contribution in [0.4, 0.5) is 0 Å². The van der Waals surface area contributed by atoms with Crippen molar-refractivity contribution < 1.29 is 8.83 Å². The molecule has 3 rings (SSSR count). The van der Waals surface area contributed by atoms with Crippen molar-refractivity contribution in [3.8, 4) is 11.1 Å². The van der Waals surface area contributed by atoms with Gasteiger partial charge in [0.2, 0.25) is 0 Å². The fraction of sp³-hybridized carbons (Fsp3) is 0.125. The first-order chi connectivity index (χ1) is 9.52. The van der Waals surface area contributed by atoms with E-state index >= 15 is 0 Å². The molecule has 2 heterocycles. The third-order valence-corrected chi connectivity index (χ3v) is 3.18. The Kier molecular flexibility index (Phi) is 2.79. The van der Waals surface area contributed by atoms with Gasteiger partial charge in [-0.2, -0.15) is 0 Å². The topological polar surface area (TPSA) is 60.4 Å². The van der Waals surface area contributed by atoms with Gasteiger partial charge < -0.3 is 8.83 Å². The van der Waals surface area contributed by atoms with Gasteiger partial charge in [0.1, 0.15) is 11.3 Å². The molecule has 3 aromatic rings. The zero-order valence-corrected chi connectivity index (χ0v) is 11.1. The Labute approximate surface area is 114 Å². The third kappa shape index (κ3) is 2.16. The van der Waals surface area contributed by atoms with E-state index in [0.717, 1.165) is 22.1 Å². The van der Waals surface area contributed by atoms with Crippen molar-refractivity contribution in [1.82, 2.24) is 0 Å². The van der Waals surface area contributed by atoms with Gasteiger partial charge in [-0.1, -0.05) is 12.1 Å². The van der Waals surface area contributed by atoms with Gasteiger partial charge in [-0.3, -0.25) is 0 Å². The van der Waals surface area contributed by atoms with Crippen molar-refractivity contribution in [1.29, 1.82) is 0 Å². The van der Waals surface area contributed by atoms with E-state index in [-0.39, 0.29) is 5.63 Å². The van der Waals surface area contributed by atoms with Crippen LogP contribution in [0.2, 0.25) is 0 Å². The number of hydrogen-bond donors (Lipinski definition) is 0. The molecule has 0 amide bonds. The average molecular weight is 268 g/mol. The van der Waals surface area contributed by atoms with Crippen LogP contribution >= 0.6 is 0 Å². The second-order valence-corrected chi connectivity index (χ2v) is 4.74. The maximum atomic E-state index is 11.4. The predicted molar refractivity (Wildman–Crippen MR) is 75.9 cm³/mol. The molecule has 0 atom stereocenters. The number of hydrogen-bond acceptors (Lipinski definition) is 4. The van der Waals surface area contributed by atoms with E-state index < -0.39 is 5.63 Å². The summed E-state index contributed by atoms with van der Waals surface area (Å²) in [7, 11) is 0. The summed E-state index contributed by atoms with van der Waals surface area (Å²) >= 11 is 0. The van der Waals surface area contributed by atoms with Crippen LogP contribution in [0, 0.1) is 13.8 Å². The van der Waals surface area contributed by atoms with Gasteiger partial charge >= 0.3 is 11.3 Å². The Bertz CT molecular complexity index is 916. The molecule has 0 saturated carbocycles. The Morgan fingerprint density at radius 1 is 0.800 bits per heavy atom. The molecule has 20 heavy (non-hydrogen) atoms. The lowest BCUT2D eigenvalue weighted by Gasteiger charge is -2.05. The molecule has 0 aliphatic carbocycles. The third-order valence-electron chi connectivity index (χ3n) is 3.18. The highest BCUT2D eigenvalue weighted by Gasteiger charge is 2.06. The van der Waals surface area contributed by atoms with Crippen LogP contribution in [0.3, 0.4) is 0 Å². The monoisotopic (exact) mass is 268 g/mol. The normalized spacial score (nSPS) is 10.9. The molecule has 0 unspecified atom stereocenters. The minimum Gasteiger partial charge on any atom is -0.428 e. The van der Waals surface area contributed by atoms with E-state index in [1.165, 1.54) is 12.1 Å². The fourth-order valence-electron chi connectivity index (χ4n) is 2.28. The summed E-state index contributed by atoms with van der Waals surface area (Å²) in [5, 5.41) is 0.882. The van der Waals surface area contributed by atoms with Gasteiger partial charge in [0.25, 0.3) is 0 Å². The van der Waals surface area contributed by atoms with E-state index in [2.05, 4.69) is 0 Å². The standard InChI is InChI=1S/C16H12O4/c1-9-5-15(17)20-14-7-11(3-4-13(9)14)12-6-10(2)19-16(18)8-12/h3-8H,1-2H3. The fourth-order valence-corrected chi connectivity index (χ4v) is 2.28. The molecule has 0 fully saturated rings. The Balaban J connectivity index is 2.27. The smallest absolute Gasteiger partial charge is 0.336 e. The number of fused-ring (bicyclic) bond motifs is 1. The quantitative estimate of drug-likeness (QED) is 0.636. The molecule has 0 radical (unpaired) electrons. The number of benzene rings is 1. The van der Waals surface area contributed by atoms with Crippen molar-refractivity contribution in [3.63, 3.8) is 0 Å². The van der Waals surface area contributed by atoms with Gasteiger partial charge in [-0.15, -0.1) is 0 Å². The van der Waals surface area contributed by atoms with Crippen LogP contribution in [0.25, 0.3) is 22.1 Å². The lowest BCUT2D eigenvalue weighted by molar-refractivity contribution is 0.481. The molecule has 0 bridgehead atoms. The van der Waals surface area contributed by atoms with Crippen LogP contribution < -0.4 is 11.3 Å². The molecule has 0 spiro atoms. The second kappa shape index (κ2) is 4.49. The van der Waals surface area contributed by atoms with Gasteiger partial charge in [0.15, 0.2) is 0 Å².